The Morgan fingerprint density at radius 2 is 1.72 bits per heavy atom. The van der Waals surface area contributed by atoms with E-state index in [1.165, 1.54) is 23.1 Å². The van der Waals surface area contributed by atoms with Crippen molar-refractivity contribution in [1.29, 1.82) is 0 Å². The number of aryl methyl sites for hydroxylation is 3. The Balaban J connectivity index is 1.76. The number of anilines is 2. The van der Waals surface area contributed by atoms with Crippen LogP contribution < -0.4 is 10.6 Å². The number of carbonyl (C=O) groups is 2. The summed E-state index contributed by atoms with van der Waals surface area (Å²) < 4.78 is 30.0. The van der Waals surface area contributed by atoms with E-state index < -0.39 is 24.8 Å². The summed E-state index contributed by atoms with van der Waals surface area (Å²) in [6.07, 6.45) is 0.0606. The molecule has 3 rings (SSSR count). The lowest BCUT2D eigenvalue weighted by atomic mass is 10.3. The SMILES string of the molecule is Cc1cc(C(F)F)n(CC(=O)Nc2cnn(C)c2C(=O)Nc2cnn(C)c2C)n1. The van der Waals surface area contributed by atoms with Crippen LogP contribution in [-0.4, -0.2) is 41.2 Å². The maximum atomic E-state index is 13.1. The van der Waals surface area contributed by atoms with Crippen molar-refractivity contribution in [3.63, 3.8) is 0 Å². The van der Waals surface area contributed by atoms with E-state index in [-0.39, 0.29) is 17.1 Å². The standard InChI is InChI=1S/C17H20F2N8O2/c1-9-5-13(16(18)19)27(24-9)8-14(28)22-12-7-21-26(4)15(12)17(29)23-11-6-20-25(3)10(11)2/h5-7,16H,8H2,1-4H3,(H,22,28)(H,23,29). The maximum Gasteiger partial charge on any atom is 0.280 e. The topological polar surface area (TPSA) is 112 Å². The second-order valence-electron chi connectivity index (χ2n) is 6.47. The molecule has 2 N–H and O–H groups in total. The Bertz CT molecular complexity index is 1070. The lowest BCUT2D eigenvalue weighted by Crippen LogP contribution is -2.24. The highest BCUT2D eigenvalue weighted by atomic mass is 19.3. The zero-order valence-electron chi connectivity index (χ0n) is 16.3. The Labute approximate surface area is 164 Å². The molecule has 0 saturated carbocycles. The lowest BCUT2D eigenvalue weighted by molar-refractivity contribution is -0.117. The minimum absolute atomic E-state index is 0.104. The number of alkyl halides is 2. The van der Waals surface area contributed by atoms with Gasteiger partial charge >= 0.3 is 0 Å². The molecular formula is C17H20F2N8O2. The average molecular weight is 406 g/mol. The molecule has 0 unspecified atom stereocenters. The molecule has 0 saturated heterocycles. The molecule has 0 radical (unpaired) electrons. The molecule has 12 heteroatoms. The minimum atomic E-state index is -2.76. The third-order valence-electron chi connectivity index (χ3n) is 4.36. The van der Waals surface area contributed by atoms with Crippen LogP contribution in [0.1, 0.15) is 34.0 Å². The van der Waals surface area contributed by atoms with Gasteiger partial charge in [0.2, 0.25) is 5.91 Å². The van der Waals surface area contributed by atoms with E-state index >= 15 is 0 Å². The van der Waals surface area contributed by atoms with E-state index in [1.54, 1.807) is 32.6 Å². The molecule has 3 aromatic rings. The van der Waals surface area contributed by atoms with Crippen LogP contribution in [0.5, 0.6) is 0 Å². The average Bonchev–Trinajstić information content (AvgIpc) is 3.28. The summed E-state index contributed by atoms with van der Waals surface area (Å²) in [6, 6.07) is 1.22. The first-order valence-corrected chi connectivity index (χ1v) is 8.61. The van der Waals surface area contributed by atoms with E-state index in [0.29, 0.717) is 11.4 Å². The molecule has 3 heterocycles. The van der Waals surface area contributed by atoms with Crippen LogP contribution in [0, 0.1) is 13.8 Å². The number of carbonyl (C=O) groups excluding carboxylic acids is 2. The molecule has 0 aliphatic heterocycles. The van der Waals surface area contributed by atoms with E-state index in [2.05, 4.69) is 25.9 Å². The molecule has 154 valence electrons. The number of nitrogens with one attached hydrogen (secondary N) is 2. The highest BCUT2D eigenvalue weighted by molar-refractivity contribution is 6.09. The first-order chi connectivity index (χ1) is 13.7. The van der Waals surface area contributed by atoms with Crippen LogP contribution in [0.25, 0.3) is 0 Å². The second-order valence-corrected chi connectivity index (χ2v) is 6.47. The second kappa shape index (κ2) is 7.81. The van der Waals surface area contributed by atoms with E-state index in [0.717, 1.165) is 10.4 Å². The van der Waals surface area contributed by atoms with Gasteiger partial charge in [0.15, 0.2) is 0 Å². The third kappa shape index (κ3) is 4.15. The number of aromatic nitrogens is 6. The first-order valence-electron chi connectivity index (χ1n) is 8.61. The van der Waals surface area contributed by atoms with Gasteiger partial charge in [-0.2, -0.15) is 15.3 Å². The van der Waals surface area contributed by atoms with Crippen LogP contribution in [0.15, 0.2) is 18.5 Å². The molecule has 0 atom stereocenters. The molecule has 29 heavy (non-hydrogen) atoms. The van der Waals surface area contributed by atoms with Gasteiger partial charge in [0, 0.05) is 14.1 Å². The predicted octanol–water partition coefficient (Wildman–Crippen LogP) is 1.80. The van der Waals surface area contributed by atoms with Crippen molar-refractivity contribution in [3.8, 4) is 0 Å². The summed E-state index contributed by atoms with van der Waals surface area (Å²) in [7, 11) is 3.29. The van der Waals surface area contributed by atoms with Gasteiger partial charge in [-0.25, -0.2) is 8.78 Å². The molecule has 2 amide bonds. The fourth-order valence-corrected chi connectivity index (χ4v) is 2.79. The van der Waals surface area contributed by atoms with E-state index in [4.69, 9.17) is 0 Å². The highest BCUT2D eigenvalue weighted by Gasteiger charge is 2.22. The summed E-state index contributed by atoms with van der Waals surface area (Å²) >= 11 is 0. The first kappa shape index (κ1) is 20.2. The summed E-state index contributed by atoms with van der Waals surface area (Å²) in [5, 5.41) is 17.2. The number of halogens is 2. The molecule has 0 fully saturated rings. The van der Waals surface area contributed by atoms with E-state index in [1.807, 2.05) is 0 Å². The fourth-order valence-electron chi connectivity index (χ4n) is 2.79. The van der Waals surface area contributed by atoms with Crippen molar-refractivity contribution in [2.75, 3.05) is 10.6 Å². The molecule has 0 aliphatic carbocycles. The van der Waals surface area contributed by atoms with Crippen LogP contribution >= 0.6 is 0 Å². The maximum absolute atomic E-state index is 13.1. The van der Waals surface area contributed by atoms with Gasteiger partial charge in [-0.05, 0) is 19.9 Å². The molecule has 10 nitrogen and oxygen atoms in total. The van der Waals surface area contributed by atoms with Gasteiger partial charge in [-0.3, -0.25) is 23.6 Å². The monoisotopic (exact) mass is 406 g/mol. The Hall–Kier alpha value is -3.57. The number of rotatable bonds is 6. The summed E-state index contributed by atoms with van der Waals surface area (Å²) in [5.74, 6) is -1.12. The van der Waals surface area contributed by atoms with Crippen LogP contribution in [0.4, 0.5) is 20.2 Å². The molecule has 0 aromatic carbocycles. The van der Waals surface area contributed by atoms with Crippen molar-refractivity contribution in [3.05, 3.63) is 41.2 Å². The number of nitrogens with zero attached hydrogens (tertiary/aromatic N) is 6. The highest BCUT2D eigenvalue weighted by Crippen LogP contribution is 2.21. The summed E-state index contributed by atoms with van der Waals surface area (Å²) in [6.45, 7) is 2.93. The van der Waals surface area contributed by atoms with Gasteiger partial charge in [0.05, 0.1) is 35.2 Å². The Morgan fingerprint density at radius 3 is 2.34 bits per heavy atom. The van der Waals surface area contributed by atoms with Crippen molar-refractivity contribution in [2.24, 2.45) is 14.1 Å². The molecule has 0 aliphatic rings. The zero-order chi connectivity index (χ0) is 21.3. The van der Waals surface area contributed by atoms with Crippen molar-refractivity contribution >= 4 is 23.2 Å². The normalized spacial score (nSPS) is 11.1. The van der Waals surface area contributed by atoms with E-state index in [9.17, 15) is 18.4 Å². The van der Waals surface area contributed by atoms with Crippen LogP contribution in [0.3, 0.4) is 0 Å². The fraction of sp³-hybridized carbons (Fsp3) is 0.353. The smallest absolute Gasteiger partial charge is 0.280 e. The van der Waals surface area contributed by atoms with Crippen molar-refractivity contribution in [2.45, 2.75) is 26.8 Å². The number of amides is 2. The van der Waals surface area contributed by atoms with Gasteiger partial charge in [-0.1, -0.05) is 0 Å². The minimum Gasteiger partial charge on any atom is -0.321 e. The Morgan fingerprint density at radius 1 is 1.07 bits per heavy atom. The summed E-state index contributed by atoms with van der Waals surface area (Å²) in [4.78, 5) is 25.1. The zero-order valence-corrected chi connectivity index (χ0v) is 16.3. The third-order valence-corrected chi connectivity index (χ3v) is 4.36. The lowest BCUT2D eigenvalue weighted by Gasteiger charge is -2.10. The van der Waals surface area contributed by atoms with Gasteiger partial charge < -0.3 is 10.6 Å². The largest absolute Gasteiger partial charge is 0.321 e. The van der Waals surface area contributed by atoms with Crippen LogP contribution in [0.2, 0.25) is 0 Å². The van der Waals surface area contributed by atoms with Gasteiger partial charge in [0.1, 0.15) is 17.9 Å². The Kier molecular flexibility index (Phi) is 5.43. The van der Waals surface area contributed by atoms with Crippen molar-refractivity contribution < 1.29 is 18.4 Å². The molecule has 0 spiro atoms. The quantitative estimate of drug-likeness (QED) is 0.648. The van der Waals surface area contributed by atoms with Crippen molar-refractivity contribution in [1.82, 2.24) is 29.3 Å². The number of hydrogen-bond donors (Lipinski definition) is 2. The predicted molar refractivity (Wildman–Crippen MR) is 99.7 cm³/mol. The van der Waals surface area contributed by atoms with Crippen LogP contribution in [-0.2, 0) is 25.4 Å². The van der Waals surface area contributed by atoms with Gasteiger partial charge in [-0.15, -0.1) is 0 Å². The summed E-state index contributed by atoms with van der Waals surface area (Å²) in [5.41, 5.74) is 1.55. The molecular weight excluding hydrogens is 386 g/mol. The molecule has 3 aromatic heterocycles. The number of hydrogen-bond acceptors (Lipinski definition) is 5. The molecule has 0 bridgehead atoms. The van der Waals surface area contributed by atoms with Gasteiger partial charge in [0.25, 0.3) is 12.3 Å².